The lowest BCUT2D eigenvalue weighted by Crippen LogP contribution is -2.59. The monoisotopic (exact) mass is 1310 g/mol. The maximum Gasteiger partial charge on any atom is 0.328 e. The second kappa shape index (κ2) is 61.5. The molecule has 0 saturated carbocycles. The number of unbranched alkanes of at least 4 members (excludes halogenated alkanes) is 36. The molecule has 5 unspecified atom stereocenters. The molecule has 0 aromatic carbocycles. The summed E-state index contributed by atoms with van der Waals surface area (Å²) in [6, 6.07) is -6.21. The number of carbonyl (C=O) groups is 10. The Balaban J connectivity index is 6.04. The van der Waals surface area contributed by atoms with E-state index in [1.54, 1.807) is 0 Å². The van der Waals surface area contributed by atoms with Gasteiger partial charge < -0.3 is 53.0 Å². The van der Waals surface area contributed by atoms with Crippen LogP contribution in [0.3, 0.4) is 0 Å². The van der Waals surface area contributed by atoms with Crippen molar-refractivity contribution in [2.75, 3.05) is 37.8 Å². The summed E-state index contributed by atoms with van der Waals surface area (Å²) in [5, 5.41) is 42.2. The van der Waals surface area contributed by atoms with Crippen LogP contribution in [0.25, 0.3) is 0 Å². The van der Waals surface area contributed by atoms with Crippen LogP contribution < -0.4 is 37.6 Å². The molecule has 11 N–H and O–H groups in total. The molecule has 21 heteroatoms. The van der Waals surface area contributed by atoms with Crippen LogP contribution in [-0.4, -0.2) is 136 Å². The quantitative estimate of drug-likeness (QED) is 0.0253. The topological polar surface area (TPSA) is 330 Å². The Morgan fingerprint density at radius 1 is 0.352 bits per heavy atom. The molecular formula is C70H129N7O13S. The van der Waals surface area contributed by atoms with Crippen LogP contribution in [0.5, 0.6) is 0 Å². The van der Waals surface area contributed by atoms with Crippen molar-refractivity contribution in [1.82, 2.24) is 31.9 Å². The zero-order valence-electron chi connectivity index (χ0n) is 57.1. The van der Waals surface area contributed by atoms with Gasteiger partial charge in [-0.1, -0.05) is 252 Å². The standard InChI is InChI=1S/C70H129N7O13S/c1-4-7-10-13-16-19-22-25-28-31-34-37-40-43-57(80)47-46-56(48-58(81)44-41-38-35-32-29-26-23-20-17-14-11-8-5-2)54-91-55-62(75-64(83)45-42-39-36-33-30-27-24-21-18-15-12-9-6-3)69(88)76-59(49-63(71)82)68(87)77-60(52-78)67(86)73-50-65(84)72-51-66(85)74-61(53-79)70(89)90/h56,59-62,78-79H,4-55H2,1-3H3,(H2,71,82)(H,72,84)(H,73,86)(H,74,85)(H,75,83)(H,76,88)(H,77,87)(H,89,90). The first-order chi connectivity index (χ1) is 44.0. The highest BCUT2D eigenvalue weighted by Crippen LogP contribution is 2.23. The van der Waals surface area contributed by atoms with E-state index in [9.17, 15) is 53.1 Å². The third-order valence-corrected chi connectivity index (χ3v) is 18.1. The molecule has 0 heterocycles. The van der Waals surface area contributed by atoms with Crippen molar-refractivity contribution >= 4 is 70.6 Å². The fourth-order valence-electron chi connectivity index (χ4n) is 11.1. The summed E-state index contributed by atoms with van der Waals surface area (Å²) in [6.45, 7) is 3.37. The summed E-state index contributed by atoms with van der Waals surface area (Å²) in [5.41, 5.74) is 5.54. The van der Waals surface area contributed by atoms with Gasteiger partial charge in [0.05, 0.1) is 32.7 Å². The van der Waals surface area contributed by atoms with E-state index in [0.717, 1.165) is 70.6 Å². The maximum absolute atomic E-state index is 14.3. The Hall–Kier alpha value is -4.63. The molecule has 0 saturated heterocycles. The van der Waals surface area contributed by atoms with Crippen molar-refractivity contribution in [2.24, 2.45) is 11.7 Å². The minimum Gasteiger partial charge on any atom is -0.480 e. The predicted octanol–water partition coefficient (Wildman–Crippen LogP) is 11.2. The van der Waals surface area contributed by atoms with Gasteiger partial charge in [-0.25, -0.2) is 4.79 Å². The van der Waals surface area contributed by atoms with Crippen LogP contribution in [0, 0.1) is 5.92 Å². The molecule has 5 atom stereocenters. The summed E-state index contributed by atoms with van der Waals surface area (Å²) >= 11 is 1.35. The molecule has 0 aliphatic carbocycles. The van der Waals surface area contributed by atoms with E-state index in [1.807, 2.05) is 5.32 Å². The summed E-state index contributed by atoms with van der Waals surface area (Å²) in [5.74, 6) is -7.15. The molecular weight excluding hydrogens is 1180 g/mol. The molecule has 0 aliphatic rings. The highest BCUT2D eigenvalue weighted by molar-refractivity contribution is 7.99. The molecule has 0 rings (SSSR count). The first-order valence-electron chi connectivity index (χ1n) is 36.1. The fraction of sp³-hybridized carbons (Fsp3) is 0.857. The third-order valence-electron chi connectivity index (χ3n) is 16.8. The van der Waals surface area contributed by atoms with Gasteiger partial charge in [0.1, 0.15) is 35.7 Å². The summed E-state index contributed by atoms with van der Waals surface area (Å²) in [4.78, 5) is 130. The van der Waals surface area contributed by atoms with Gasteiger partial charge in [0, 0.05) is 37.9 Å². The van der Waals surface area contributed by atoms with E-state index in [1.165, 1.54) is 185 Å². The smallest absolute Gasteiger partial charge is 0.328 e. The lowest BCUT2D eigenvalue weighted by atomic mass is 9.94. The number of amides is 7. The van der Waals surface area contributed by atoms with Crippen LogP contribution in [0.15, 0.2) is 0 Å². The number of ketones is 2. The number of thioether (sulfide) groups is 1. The predicted molar refractivity (Wildman–Crippen MR) is 365 cm³/mol. The Morgan fingerprint density at radius 2 is 0.714 bits per heavy atom. The molecule has 0 fully saturated rings. The number of carboxylic acids is 1. The number of Topliss-reactive ketones (excluding diaryl/α,β-unsaturated/α-hetero) is 2. The van der Waals surface area contributed by atoms with Crippen LogP contribution in [0.2, 0.25) is 0 Å². The third kappa shape index (κ3) is 53.4. The van der Waals surface area contributed by atoms with Gasteiger partial charge in [-0.05, 0) is 37.4 Å². The van der Waals surface area contributed by atoms with Gasteiger partial charge in [0.2, 0.25) is 41.4 Å². The number of hydrogen-bond acceptors (Lipinski definition) is 13. The van der Waals surface area contributed by atoms with E-state index in [-0.39, 0.29) is 42.0 Å². The molecule has 0 radical (unpaired) electrons. The first kappa shape index (κ1) is 86.4. The van der Waals surface area contributed by atoms with E-state index in [0.29, 0.717) is 37.9 Å². The van der Waals surface area contributed by atoms with E-state index < -0.39 is 98.3 Å². The minimum absolute atomic E-state index is 0.0184. The highest BCUT2D eigenvalue weighted by atomic mass is 32.2. The molecule has 0 aliphatic heterocycles. The number of carboxylic acid groups (broad SMARTS) is 1. The number of aliphatic hydroxyl groups excluding tert-OH is 2. The molecule has 0 aromatic rings. The largest absolute Gasteiger partial charge is 0.480 e. The number of aliphatic carboxylic acids is 1. The molecule has 0 bridgehead atoms. The highest BCUT2D eigenvalue weighted by Gasteiger charge is 2.31. The minimum atomic E-state index is -1.70. The van der Waals surface area contributed by atoms with Crippen LogP contribution in [0.1, 0.15) is 316 Å². The zero-order chi connectivity index (χ0) is 67.4. The van der Waals surface area contributed by atoms with Gasteiger partial charge in [-0.15, -0.1) is 0 Å². The average Bonchev–Trinajstić information content (AvgIpc) is 2.35. The van der Waals surface area contributed by atoms with Crippen molar-refractivity contribution in [3.05, 3.63) is 0 Å². The summed E-state index contributed by atoms with van der Waals surface area (Å²) in [6.07, 6.45) is 47.5. The van der Waals surface area contributed by atoms with Gasteiger partial charge in [-0.3, -0.25) is 43.2 Å². The number of hydrogen-bond donors (Lipinski definition) is 10. The van der Waals surface area contributed by atoms with Crippen molar-refractivity contribution in [3.8, 4) is 0 Å². The molecule has 7 amide bonds. The van der Waals surface area contributed by atoms with Crippen LogP contribution in [-0.2, 0) is 47.9 Å². The van der Waals surface area contributed by atoms with Crippen molar-refractivity contribution in [3.63, 3.8) is 0 Å². The Labute approximate surface area is 553 Å². The number of carbonyl (C=O) groups excluding carboxylic acids is 9. The van der Waals surface area contributed by atoms with E-state index >= 15 is 0 Å². The molecule has 0 spiro atoms. The first-order valence-corrected chi connectivity index (χ1v) is 37.2. The molecule has 20 nitrogen and oxygen atoms in total. The van der Waals surface area contributed by atoms with Gasteiger partial charge in [0.15, 0.2) is 0 Å². The van der Waals surface area contributed by atoms with E-state index in [2.05, 4.69) is 47.4 Å². The molecule has 528 valence electrons. The summed E-state index contributed by atoms with van der Waals surface area (Å²) < 4.78 is 0. The van der Waals surface area contributed by atoms with E-state index in [4.69, 9.17) is 15.9 Å². The Morgan fingerprint density at radius 3 is 1.12 bits per heavy atom. The molecule has 0 aromatic heterocycles. The van der Waals surface area contributed by atoms with Crippen LogP contribution in [0.4, 0.5) is 0 Å². The second-order valence-corrected chi connectivity index (χ2v) is 26.5. The number of nitrogens with two attached hydrogens (primary N) is 1. The van der Waals surface area contributed by atoms with Crippen LogP contribution >= 0.6 is 11.8 Å². The fourth-order valence-corrected chi connectivity index (χ4v) is 12.3. The Bertz CT molecular complexity index is 1950. The van der Waals surface area contributed by atoms with Gasteiger partial charge >= 0.3 is 5.97 Å². The second-order valence-electron chi connectivity index (χ2n) is 25.4. The SMILES string of the molecule is CCCCCCCCCCCCCCCC(=O)CCC(CSCC(NC(=O)CCCCCCCCCCCCCCC)C(=O)NC(CC(N)=O)C(=O)NC(CO)C(=O)NCC(=O)NCC(=O)NC(CO)C(=O)O)CC(=O)CCCCCCCCCCCCCCC. The van der Waals surface area contributed by atoms with Gasteiger partial charge in [0.25, 0.3) is 0 Å². The van der Waals surface area contributed by atoms with Crippen molar-refractivity contribution in [1.29, 1.82) is 0 Å². The number of aliphatic hydroxyl groups is 2. The maximum atomic E-state index is 14.3. The average molecular weight is 1310 g/mol. The van der Waals surface area contributed by atoms with Gasteiger partial charge in [-0.2, -0.15) is 11.8 Å². The van der Waals surface area contributed by atoms with Crippen molar-refractivity contribution < 1.29 is 63.3 Å². The lowest BCUT2D eigenvalue weighted by Gasteiger charge is -2.25. The molecule has 91 heavy (non-hydrogen) atoms. The number of rotatable bonds is 67. The van der Waals surface area contributed by atoms with Crippen molar-refractivity contribution in [2.45, 2.75) is 340 Å². The Kier molecular flexibility index (Phi) is 58.4. The number of primary amides is 1. The zero-order valence-corrected chi connectivity index (χ0v) is 57.9. The number of nitrogens with one attached hydrogen (secondary N) is 6. The normalized spacial score (nSPS) is 12.9. The lowest BCUT2D eigenvalue weighted by molar-refractivity contribution is -0.142. The summed E-state index contributed by atoms with van der Waals surface area (Å²) in [7, 11) is 0.